The molecule has 0 bridgehead atoms. The number of hydrogen-bond donors (Lipinski definition) is 3. The molecule has 0 aliphatic carbocycles. The number of carbonyl (C=O) groups excluding carboxylic acids is 1. The Hall–Kier alpha value is -1.30. The Morgan fingerprint density at radius 3 is 2.75 bits per heavy atom. The molecule has 1 saturated heterocycles. The summed E-state index contributed by atoms with van der Waals surface area (Å²) in [6.07, 6.45) is 1.19. The predicted molar refractivity (Wildman–Crippen MR) is 57.1 cm³/mol. The van der Waals surface area contributed by atoms with Crippen LogP contribution >= 0.6 is 0 Å². The summed E-state index contributed by atoms with van der Waals surface area (Å²) in [6.45, 7) is 2.63. The van der Waals surface area contributed by atoms with E-state index in [1.807, 2.05) is 6.92 Å². The molecule has 1 heterocycles. The van der Waals surface area contributed by atoms with Crippen molar-refractivity contribution in [2.75, 3.05) is 13.1 Å². The van der Waals surface area contributed by atoms with Crippen molar-refractivity contribution in [2.45, 2.75) is 38.3 Å². The van der Waals surface area contributed by atoms with Crippen LogP contribution in [0.2, 0.25) is 0 Å². The zero-order chi connectivity index (χ0) is 12.1. The third-order valence-electron chi connectivity index (χ3n) is 2.63. The maximum absolute atomic E-state index is 11.6. The lowest BCUT2D eigenvalue weighted by Gasteiger charge is -2.21. The van der Waals surface area contributed by atoms with Crippen molar-refractivity contribution in [2.24, 2.45) is 0 Å². The molecule has 92 valence electrons. The van der Waals surface area contributed by atoms with Crippen LogP contribution in [-0.2, 0) is 4.79 Å². The van der Waals surface area contributed by atoms with Crippen LogP contribution < -0.4 is 5.32 Å². The maximum atomic E-state index is 11.6. The van der Waals surface area contributed by atoms with Crippen molar-refractivity contribution in [3.05, 3.63) is 0 Å². The molecule has 3 N–H and O–H groups in total. The van der Waals surface area contributed by atoms with E-state index in [0.29, 0.717) is 6.54 Å². The smallest absolute Gasteiger partial charge is 0.326 e. The zero-order valence-corrected chi connectivity index (χ0v) is 9.35. The van der Waals surface area contributed by atoms with E-state index < -0.39 is 24.1 Å². The normalized spacial score (nSPS) is 24.5. The van der Waals surface area contributed by atoms with Crippen LogP contribution in [0, 0.1) is 0 Å². The quantitative estimate of drug-likeness (QED) is 0.594. The molecule has 0 aromatic rings. The highest BCUT2D eigenvalue weighted by Crippen LogP contribution is 2.17. The molecule has 1 fully saturated rings. The second-order valence-corrected chi connectivity index (χ2v) is 3.98. The van der Waals surface area contributed by atoms with E-state index >= 15 is 0 Å². The molecule has 0 aromatic heterocycles. The molecule has 16 heavy (non-hydrogen) atoms. The van der Waals surface area contributed by atoms with Gasteiger partial charge in [0.15, 0.2) is 0 Å². The number of likely N-dealkylation sites (tertiary alicyclic amines) is 1. The van der Waals surface area contributed by atoms with Crippen LogP contribution in [0.1, 0.15) is 26.2 Å². The molecule has 1 rings (SSSR count). The minimum Gasteiger partial charge on any atom is -0.480 e. The van der Waals surface area contributed by atoms with Crippen LogP contribution in [0.5, 0.6) is 0 Å². The summed E-state index contributed by atoms with van der Waals surface area (Å²) in [7, 11) is 0. The topological polar surface area (TPSA) is 89.9 Å². The van der Waals surface area contributed by atoms with Crippen molar-refractivity contribution in [3.8, 4) is 0 Å². The summed E-state index contributed by atoms with van der Waals surface area (Å²) in [5.41, 5.74) is 0. The summed E-state index contributed by atoms with van der Waals surface area (Å²) in [4.78, 5) is 23.7. The molecule has 2 amide bonds. The van der Waals surface area contributed by atoms with Crippen LogP contribution in [0.25, 0.3) is 0 Å². The fraction of sp³-hybridized carbons (Fsp3) is 0.800. The second-order valence-electron chi connectivity index (χ2n) is 3.98. The van der Waals surface area contributed by atoms with Gasteiger partial charge in [0, 0.05) is 19.5 Å². The number of nitrogens with one attached hydrogen (secondary N) is 1. The van der Waals surface area contributed by atoms with E-state index in [4.69, 9.17) is 5.11 Å². The van der Waals surface area contributed by atoms with Gasteiger partial charge in [0.05, 0.1) is 6.10 Å². The number of aliphatic carboxylic acids is 1. The number of carbonyl (C=O) groups is 2. The van der Waals surface area contributed by atoms with Gasteiger partial charge in [0.2, 0.25) is 0 Å². The molecule has 0 unspecified atom stereocenters. The SMILES string of the molecule is CCCCNC(=O)N1C[C@H](O)C[C@@H]1C(=O)O. The van der Waals surface area contributed by atoms with Gasteiger partial charge in [0.1, 0.15) is 6.04 Å². The Morgan fingerprint density at radius 1 is 1.50 bits per heavy atom. The number of nitrogens with zero attached hydrogens (tertiary/aromatic N) is 1. The third-order valence-corrected chi connectivity index (χ3v) is 2.63. The highest BCUT2D eigenvalue weighted by Gasteiger charge is 2.38. The Bertz CT molecular complexity index is 270. The van der Waals surface area contributed by atoms with Gasteiger partial charge in [-0.3, -0.25) is 0 Å². The van der Waals surface area contributed by atoms with Gasteiger partial charge in [-0.05, 0) is 6.42 Å². The molecule has 6 heteroatoms. The van der Waals surface area contributed by atoms with Gasteiger partial charge < -0.3 is 20.4 Å². The Morgan fingerprint density at radius 2 is 2.19 bits per heavy atom. The van der Waals surface area contributed by atoms with Gasteiger partial charge in [-0.15, -0.1) is 0 Å². The molecule has 1 aliphatic rings. The average Bonchev–Trinajstić information content (AvgIpc) is 2.61. The highest BCUT2D eigenvalue weighted by atomic mass is 16.4. The summed E-state index contributed by atoms with van der Waals surface area (Å²) in [5, 5.41) is 20.9. The van der Waals surface area contributed by atoms with E-state index in [2.05, 4.69) is 5.32 Å². The summed E-state index contributed by atoms with van der Waals surface area (Å²) >= 11 is 0. The number of carboxylic acids is 1. The summed E-state index contributed by atoms with van der Waals surface area (Å²) < 4.78 is 0. The van der Waals surface area contributed by atoms with Gasteiger partial charge in [0.25, 0.3) is 0 Å². The lowest BCUT2D eigenvalue weighted by Crippen LogP contribution is -2.46. The predicted octanol–water partition coefficient (Wildman–Crippen LogP) is 0.0159. The van der Waals surface area contributed by atoms with Crippen molar-refractivity contribution >= 4 is 12.0 Å². The second kappa shape index (κ2) is 5.69. The lowest BCUT2D eigenvalue weighted by atomic mass is 10.2. The maximum Gasteiger partial charge on any atom is 0.326 e. The molecule has 1 aliphatic heterocycles. The van der Waals surface area contributed by atoms with Crippen molar-refractivity contribution in [3.63, 3.8) is 0 Å². The number of unbranched alkanes of at least 4 members (excludes halogenated alkanes) is 1. The van der Waals surface area contributed by atoms with E-state index in [9.17, 15) is 14.7 Å². The lowest BCUT2D eigenvalue weighted by molar-refractivity contribution is -0.141. The van der Waals surface area contributed by atoms with Crippen LogP contribution in [-0.4, -0.2) is 52.3 Å². The molecule has 0 radical (unpaired) electrons. The Balaban J connectivity index is 2.50. The first kappa shape index (κ1) is 12.8. The molecule has 2 atom stereocenters. The van der Waals surface area contributed by atoms with E-state index in [1.165, 1.54) is 4.90 Å². The van der Waals surface area contributed by atoms with Crippen LogP contribution in [0.4, 0.5) is 4.79 Å². The Labute approximate surface area is 94.2 Å². The fourth-order valence-corrected chi connectivity index (χ4v) is 1.75. The largest absolute Gasteiger partial charge is 0.480 e. The summed E-state index contributed by atoms with van der Waals surface area (Å²) in [5.74, 6) is -1.07. The Kier molecular flexibility index (Phi) is 4.54. The first-order valence-corrected chi connectivity index (χ1v) is 5.51. The number of aliphatic hydroxyl groups excluding tert-OH is 1. The standard InChI is InChI=1S/C10H18N2O4/c1-2-3-4-11-10(16)12-6-7(13)5-8(12)9(14)15/h7-8,13H,2-6H2,1H3,(H,11,16)(H,14,15)/t7-,8-/m1/s1. The van der Waals surface area contributed by atoms with Crippen molar-refractivity contribution in [1.82, 2.24) is 10.2 Å². The average molecular weight is 230 g/mol. The fourth-order valence-electron chi connectivity index (χ4n) is 1.75. The molecule has 0 saturated carbocycles. The van der Waals surface area contributed by atoms with Crippen LogP contribution in [0.15, 0.2) is 0 Å². The van der Waals surface area contributed by atoms with Gasteiger partial charge in [-0.2, -0.15) is 0 Å². The first-order valence-electron chi connectivity index (χ1n) is 5.51. The molecular formula is C10H18N2O4. The minimum absolute atomic E-state index is 0.0922. The van der Waals surface area contributed by atoms with E-state index in [1.54, 1.807) is 0 Å². The minimum atomic E-state index is -1.07. The third kappa shape index (κ3) is 3.10. The van der Waals surface area contributed by atoms with Crippen LogP contribution in [0.3, 0.4) is 0 Å². The molecular weight excluding hydrogens is 212 g/mol. The van der Waals surface area contributed by atoms with Crippen molar-refractivity contribution < 1.29 is 19.8 Å². The number of rotatable bonds is 4. The highest BCUT2D eigenvalue weighted by molar-refractivity contribution is 5.83. The zero-order valence-electron chi connectivity index (χ0n) is 9.35. The monoisotopic (exact) mass is 230 g/mol. The van der Waals surface area contributed by atoms with E-state index in [0.717, 1.165) is 12.8 Å². The number of β-amino-alcohol motifs (C(OH)–C–C–N with tert-alkyl or cyclic N) is 1. The number of hydrogen-bond acceptors (Lipinski definition) is 3. The molecule has 6 nitrogen and oxygen atoms in total. The van der Waals surface area contributed by atoms with Gasteiger partial charge in [-0.1, -0.05) is 13.3 Å². The van der Waals surface area contributed by atoms with Gasteiger partial charge >= 0.3 is 12.0 Å². The number of carboxylic acid groups (broad SMARTS) is 1. The number of amides is 2. The molecule has 0 aromatic carbocycles. The summed E-state index contributed by atoms with van der Waals surface area (Å²) in [6, 6.07) is -1.31. The first-order chi connectivity index (χ1) is 7.56. The van der Waals surface area contributed by atoms with Gasteiger partial charge in [-0.25, -0.2) is 9.59 Å². The number of urea groups is 1. The van der Waals surface area contributed by atoms with E-state index in [-0.39, 0.29) is 13.0 Å². The molecule has 0 spiro atoms. The van der Waals surface area contributed by atoms with Crippen molar-refractivity contribution in [1.29, 1.82) is 0 Å². The number of aliphatic hydroxyl groups is 1.